The van der Waals surface area contributed by atoms with Gasteiger partial charge in [0.25, 0.3) is 0 Å². The van der Waals surface area contributed by atoms with Gasteiger partial charge in [-0.2, -0.15) is 4.98 Å². The Morgan fingerprint density at radius 1 is 1.64 bits per heavy atom. The van der Waals surface area contributed by atoms with E-state index in [4.69, 9.17) is 0 Å². The van der Waals surface area contributed by atoms with E-state index in [1.54, 1.807) is 0 Å². The summed E-state index contributed by atoms with van der Waals surface area (Å²) in [4.78, 5) is 24.5. The van der Waals surface area contributed by atoms with Crippen molar-refractivity contribution in [1.82, 2.24) is 14.8 Å². The van der Waals surface area contributed by atoms with Crippen LogP contribution in [0.1, 0.15) is 13.3 Å². The van der Waals surface area contributed by atoms with Crippen molar-refractivity contribution in [2.45, 2.75) is 19.9 Å². The fraction of sp³-hybridized carbons (Fsp3) is 0.500. The molecule has 0 aliphatic heterocycles. The topological polar surface area (TPSA) is 67.8 Å². The Morgan fingerprint density at radius 2 is 2.36 bits per heavy atom. The highest BCUT2D eigenvalue weighted by molar-refractivity contribution is 4.69. The Labute approximate surface area is 62.7 Å². The van der Waals surface area contributed by atoms with Crippen LogP contribution in [0.3, 0.4) is 0 Å². The van der Waals surface area contributed by atoms with Crippen LogP contribution in [0.25, 0.3) is 0 Å². The van der Waals surface area contributed by atoms with Crippen molar-refractivity contribution in [3.05, 3.63) is 27.0 Å². The van der Waals surface area contributed by atoms with Crippen molar-refractivity contribution >= 4 is 0 Å². The molecular formula is C6H9N3O2. The molecule has 0 aromatic carbocycles. The zero-order valence-electron chi connectivity index (χ0n) is 6.20. The molecule has 5 heteroatoms. The van der Waals surface area contributed by atoms with Crippen molar-refractivity contribution in [1.29, 1.82) is 0 Å². The average Bonchev–Trinajstić information content (AvgIpc) is 1.98. The van der Waals surface area contributed by atoms with Gasteiger partial charge in [0.2, 0.25) is 0 Å². The summed E-state index contributed by atoms with van der Waals surface area (Å²) < 4.78 is 1.49. The second-order valence-electron chi connectivity index (χ2n) is 2.18. The molecule has 1 aromatic rings. The molecule has 0 spiro atoms. The molecule has 0 unspecified atom stereocenters. The number of hydrogen-bond donors (Lipinski definition) is 1. The van der Waals surface area contributed by atoms with Gasteiger partial charge in [-0.3, -0.25) is 19.4 Å². The minimum Gasteiger partial charge on any atom is -0.274 e. The third-order valence-corrected chi connectivity index (χ3v) is 1.22. The Bertz CT molecular complexity index is 338. The summed E-state index contributed by atoms with van der Waals surface area (Å²) in [6.45, 7) is 2.64. The first-order valence-electron chi connectivity index (χ1n) is 3.40. The van der Waals surface area contributed by atoms with E-state index >= 15 is 0 Å². The van der Waals surface area contributed by atoms with Gasteiger partial charge in [-0.05, 0) is 6.42 Å². The Morgan fingerprint density at radius 3 is 2.91 bits per heavy atom. The molecule has 11 heavy (non-hydrogen) atoms. The van der Waals surface area contributed by atoms with Gasteiger partial charge in [-0.1, -0.05) is 6.92 Å². The van der Waals surface area contributed by atoms with Crippen molar-refractivity contribution in [3.63, 3.8) is 0 Å². The van der Waals surface area contributed by atoms with Crippen LogP contribution >= 0.6 is 0 Å². The number of aryl methyl sites for hydroxylation is 1. The molecule has 1 heterocycles. The first-order chi connectivity index (χ1) is 5.24. The molecule has 1 N–H and O–H groups in total. The summed E-state index contributed by atoms with van der Waals surface area (Å²) in [6, 6.07) is 0. The van der Waals surface area contributed by atoms with Gasteiger partial charge in [0.1, 0.15) is 6.33 Å². The van der Waals surface area contributed by atoms with Gasteiger partial charge in [0.05, 0.1) is 0 Å². The molecule has 5 nitrogen and oxygen atoms in total. The SMILES string of the molecule is CCCn1cnc(=O)c(=O)[nH]1. The number of rotatable bonds is 2. The smallest absolute Gasteiger partial charge is 0.274 e. The van der Waals surface area contributed by atoms with Crippen molar-refractivity contribution in [2.24, 2.45) is 0 Å². The lowest BCUT2D eigenvalue weighted by molar-refractivity contribution is 0.560. The predicted octanol–water partition coefficient (Wildman–Crippen LogP) is -0.658. The number of nitrogens with one attached hydrogen (secondary N) is 1. The molecular weight excluding hydrogens is 146 g/mol. The molecule has 0 amide bonds. The van der Waals surface area contributed by atoms with E-state index in [0.29, 0.717) is 6.54 Å². The molecule has 1 rings (SSSR count). The van der Waals surface area contributed by atoms with Crippen LogP contribution in [-0.4, -0.2) is 14.8 Å². The molecule has 60 valence electrons. The fourth-order valence-electron chi connectivity index (χ4n) is 0.742. The molecule has 0 saturated carbocycles. The summed E-state index contributed by atoms with van der Waals surface area (Å²) in [5.41, 5.74) is -1.40. The Hall–Kier alpha value is -1.39. The molecule has 0 atom stereocenters. The largest absolute Gasteiger partial charge is 0.338 e. The first-order valence-corrected chi connectivity index (χ1v) is 3.40. The highest BCUT2D eigenvalue weighted by Gasteiger charge is 1.92. The normalized spacial score (nSPS) is 9.91. The average molecular weight is 155 g/mol. The van der Waals surface area contributed by atoms with Crippen LogP contribution in [0, 0.1) is 0 Å². The summed E-state index contributed by atoms with van der Waals surface area (Å²) in [6.07, 6.45) is 2.22. The van der Waals surface area contributed by atoms with E-state index < -0.39 is 11.1 Å². The lowest BCUT2D eigenvalue weighted by Crippen LogP contribution is -2.32. The molecule has 0 fully saturated rings. The van der Waals surface area contributed by atoms with E-state index in [0.717, 1.165) is 6.42 Å². The standard InChI is InChI=1S/C6H9N3O2/c1-2-3-9-4-7-5(10)6(11)8-9/h4H,2-3H2,1H3,(H,8,11). The maximum Gasteiger partial charge on any atom is 0.338 e. The van der Waals surface area contributed by atoms with E-state index in [1.165, 1.54) is 11.0 Å². The number of H-pyrrole nitrogens is 1. The third-order valence-electron chi connectivity index (χ3n) is 1.22. The van der Waals surface area contributed by atoms with Gasteiger partial charge in [0.15, 0.2) is 0 Å². The van der Waals surface area contributed by atoms with Crippen molar-refractivity contribution < 1.29 is 0 Å². The predicted molar refractivity (Wildman–Crippen MR) is 39.4 cm³/mol. The fourth-order valence-corrected chi connectivity index (χ4v) is 0.742. The summed E-state index contributed by atoms with van der Waals surface area (Å²) in [5.74, 6) is 0. The number of hydrogen-bond acceptors (Lipinski definition) is 3. The van der Waals surface area contributed by atoms with Crippen LogP contribution in [0.15, 0.2) is 15.9 Å². The van der Waals surface area contributed by atoms with Crippen LogP contribution < -0.4 is 11.1 Å². The van der Waals surface area contributed by atoms with E-state index in [2.05, 4.69) is 10.1 Å². The van der Waals surface area contributed by atoms with Gasteiger partial charge in [0, 0.05) is 6.54 Å². The highest BCUT2D eigenvalue weighted by atomic mass is 16.2. The summed E-state index contributed by atoms with van der Waals surface area (Å²) in [5, 5.41) is 2.36. The van der Waals surface area contributed by atoms with Crippen molar-refractivity contribution in [2.75, 3.05) is 0 Å². The van der Waals surface area contributed by atoms with E-state index in [-0.39, 0.29) is 0 Å². The number of nitrogens with zero attached hydrogens (tertiary/aromatic N) is 2. The van der Waals surface area contributed by atoms with E-state index in [1.807, 2.05) is 6.92 Å². The highest BCUT2D eigenvalue weighted by Crippen LogP contribution is 1.79. The van der Waals surface area contributed by atoms with Crippen LogP contribution in [-0.2, 0) is 6.54 Å². The summed E-state index contributed by atoms with van der Waals surface area (Å²) in [7, 11) is 0. The zero-order valence-corrected chi connectivity index (χ0v) is 6.20. The lowest BCUT2D eigenvalue weighted by Gasteiger charge is -1.99. The van der Waals surface area contributed by atoms with Crippen molar-refractivity contribution in [3.8, 4) is 0 Å². The summed E-state index contributed by atoms with van der Waals surface area (Å²) >= 11 is 0. The second-order valence-corrected chi connectivity index (χ2v) is 2.18. The van der Waals surface area contributed by atoms with Crippen LogP contribution in [0.4, 0.5) is 0 Å². The maximum atomic E-state index is 10.7. The van der Waals surface area contributed by atoms with Gasteiger partial charge >= 0.3 is 11.1 Å². The molecule has 0 aliphatic carbocycles. The Kier molecular flexibility index (Phi) is 2.20. The Balaban J connectivity index is 3.06. The minimum atomic E-state index is -0.739. The molecule has 1 aromatic heterocycles. The number of aromatic nitrogens is 3. The molecule has 0 aliphatic rings. The number of aromatic amines is 1. The van der Waals surface area contributed by atoms with Crippen LogP contribution in [0.2, 0.25) is 0 Å². The lowest BCUT2D eigenvalue weighted by atomic mass is 10.5. The monoisotopic (exact) mass is 155 g/mol. The second kappa shape index (κ2) is 3.14. The molecule has 0 saturated heterocycles. The van der Waals surface area contributed by atoms with E-state index in [9.17, 15) is 9.59 Å². The third kappa shape index (κ3) is 1.76. The quantitative estimate of drug-likeness (QED) is 0.576. The zero-order chi connectivity index (χ0) is 8.27. The van der Waals surface area contributed by atoms with Gasteiger partial charge in [-0.15, -0.1) is 0 Å². The van der Waals surface area contributed by atoms with Gasteiger partial charge < -0.3 is 0 Å². The molecule has 0 radical (unpaired) electrons. The molecule has 0 bridgehead atoms. The minimum absolute atomic E-state index is 0.666. The maximum absolute atomic E-state index is 10.7. The van der Waals surface area contributed by atoms with Gasteiger partial charge in [-0.25, -0.2) is 0 Å². The first kappa shape index (κ1) is 7.71. The van der Waals surface area contributed by atoms with Crippen LogP contribution in [0.5, 0.6) is 0 Å².